The highest BCUT2D eigenvalue weighted by Gasteiger charge is 2.18. The van der Waals surface area contributed by atoms with Gasteiger partial charge >= 0.3 is 11.7 Å². The summed E-state index contributed by atoms with van der Waals surface area (Å²) in [7, 11) is 0. The van der Waals surface area contributed by atoms with E-state index >= 15 is 0 Å². The van der Waals surface area contributed by atoms with Crippen molar-refractivity contribution in [3.63, 3.8) is 0 Å². The van der Waals surface area contributed by atoms with Crippen LogP contribution in [0.2, 0.25) is 0 Å². The van der Waals surface area contributed by atoms with E-state index in [1.807, 2.05) is 0 Å². The highest BCUT2D eigenvalue weighted by molar-refractivity contribution is 9.11. The maximum Gasteiger partial charge on any atom is 0.336 e. The van der Waals surface area contributed by atoms with Crippen LogP contribution in [0, 0.1) is 10.1 Å². The molecule has 9 heteroatoms. The molecule has 0 aliphatic carbocycles. The van der Waals surface area contributed by atoms with Gasteiger partial charge in [0, 0.05) is 16.4 Å². The zero-order valence-corrected chi connectivity index (χ0v) is 13.4. The minimum absolute atomic E-state index is 0.0489. The fourth-order valence-corrected chi connectivity index (χ4v) is 2.43. The summed E-state index contributed by atoms with van der Waals surface area (Å²) in [6, 6.07) is 4.53. The number of hydrogen-bond acceptors (Lipinski definition) is 5. The van der Waals surface area contributed by atoms with E-state index in [0.29, 0.717) is 14.6 Å². The van der Waals surface area contributed by atoms with Crippen molar-refractivity contribution in [2.75, 3.05) is 5.32 Å². The van der Waals surface area contributed by atoms with Crippen LogP contribution in [0.1, 0.15) is 10.4 Å². The van der Waals surface area contributed by atoms with Crippen LogP contribution in [0.25, 0.3) is 0 Å². The van der Waals surface area contributed by atoms with Gasteiger partial charge in [-0.2, -0.15) is 0 Å². The molecule has 0 unspecified atom stereocenters. The van der Waals surface area contributed by atoms with Crippen LogP contribution in [0.5, 0.6) is 0 Å². The lowest BCUT2D eigenvalue weighted by Gasteiger charge is -2.10. The molecule has 0 saturated carbocycles. The minimum Gasteiger partial charge on any atom is -0.478 e. The highest BCUT2D eigenvalue weighted by Crippen LogP contribution is 2.34. The Morgan fingerprint density at radius 3 is 2.62 bits per heavy atom. The Labute approximate surface area is 135 Å². The zero-order chi connectivity index (χ0) is 15.6. The van der Waals surface area contributed by atoms with Gasteiger partial charge in [0.15, 0.2) is 0 Å². The number of carboxylic acid groups (broad SMARTS) is 1. The van der Waals surface area contributed by atoms with Gasteiger partial charge in [-0.3, -0.25) is 15.1 Å². The van der Waals surface area contributed by atoms with Crippen molar-refractivity contribution in [2.24, 2.45) is 0 Å². The first-order chi connectivity index (χ1) is 9.90. The van der Waals surface area contributed by atoms with Crippen molar-refractivity contribution in [2.45, 2.75) is 0 Å². The van der Waals surface area contributed by atoms with E-state index in [1.54, 1.807) is 12.1 Å². The maximum absolute atomic E-state index is 11.1. The summed E-state index contributed by atoms with van der Waals surface area (Å²) >= 11 is 6.31. The molecular weight excluding hydrogens is 410 g/mol. The van der Waals surface area contributed by atoms with Crippen LogP contribution >= 0.6 is 31.9 Å². The first-order valence-corrected chi connectivity index (χ1v) is 7.06. The summed E-state index contributed by atoms with van der Waals surface area (Å²) in [4.78, 5) is 25.2. The zero-order valence-electron chi connectivity index (χ0n) is 10.2. The summed E-state index contributed by atoms with van der Waals surface area (Å²) in [6.45, 7) is 0. The van der Waals surface area contributed by atoms with Crippen molar-refractivity contribution in [3.05, 3.63) is 55.2 Å². The minimum atomic E-state index is -1.10. The average molecular weight is 417 g/mol. The van der Waals surface area contributed by atoms with Gasteiger partial charge < -0.3 is 10.4 Å². The van der Waals surface area contributed by atoms with Crippen molar-refractivity contribution in [3.8, 4) is 0 Å². The van der Waals surface area contributed by atoms with E-state index < -0.39 is 10.9 Å². The third kappa shape index (κ3) is 3.37. The molecule has 0 saturated heterocycles. The second kappa shape index (κ2) is 6.19. The number of carboxylic acids is 1. The molecule has 2 N–H and O–H groups in total. The summed E-state index contributed by atoms with van der Waals surface area (Å²) in [5, 5.41) is 22.9. The quantitative estimate of drug-likeness (QED) is 0.577. The van der Waals surface area contributed by atoms with Crippen LogP contribution in [-0.2, 0) is 0 Å². The number of aromatic nitrogens is 1. The van der Waals surface area contributed by atoms with Crippen LogP contribution in [0.4, 0.5) is 17.1 Å². The van der Waals surface area contributed by atoms with Gasteiger partial charge in [-0.05, 0) is 50.1 Å². The van der Waals surface area contributed by atoms with E-state index in [0.717, 1.165) is 6.20 Å². The van der Waals surface area contributed by atoms with Gasteiger partial charge in [-0.15, -0.1) is 0 Å². The largest absolute Gasteiger partial charge is 0.478 e. The number of anilines is 2. The van der Waals surface area contributed by atoms with E-state index in [9.17, 15) is 14.9 Å². The Kier molecular flexibility index (Phi) is 4.53. The second-order valence-electron chi connectivity index (χ2n) is 3.90. The van der Waals surface area contributed by atoms with E-state index in [1.165, 1.54) is 12.3 Å². The summed E-state index contributed by atoms with van der Waals surface area (Å²) in [5.41, 5.74) is 0.441. The molecule has 0 fully saturated rings. The maximum atomic E-state index is 11.1. The smallest absolute Gasteiger partial charge is 0.336 e. The monoisotopic (exact) mass is 415 g/mol. The van der Waals surface area contributed by atoms with E-state index in [2.05, 4.69) is 42.2 Å². The molecule has 7 nitrogen and oxygen atoms in total. The molecule has 0 aliphatic rings. The molecule has 0 bridgehead atoms. The second-order valence-corrected chi connectivity index (χ2v) is 5.61. The number of nitrogens with one attached hydrogen (secondary N) is 1. The lowest BCUT2D eigenvalue weighted by Crippen LogP contribution is -2.02. The normalized spacial score (nSPS) is 10.2. The van der Waals surface area contributed by atoms with E-state index in [-0.39, 0.29) is 16.9 Å². The van der Waals surface area contributed by atoms with E-state index in [4.69, 9.17) is 5.11 Å². The molecule has 21 heavy (non-hydrogen) atoms. The Balaban J connectivity index is 2.46. The molecule has 0 radical (unpaired) electrons. The third-order valence-electron chi connectivity index (χ3n) is 2.54. The topological polar surface area (TPSA) is 105 Å². The van der Waals surface area contributed by atoms with Crippen molar-refractivity contribution in [1.29, 1.82) is 0 Å². The summed E-state index contributed by atoms with van der Waals surface area (Å²) < 4.78 is 0.820. The number of hydrogen-bond donors (Lipinski definition) is 2. The number of nitrogens with zero attached hydrogens (tertiary/aromatic N) is 2. The number of benzene rings is 1. The number of nitro groups is 1. The molecule has 1 heterocycles. The van der Waals surface area contributed by atoms with Crippen LogP contribution in [0.3, 0.4) is 0 Å². The Bertz CT molecular complexity index is 736. The molecule has 2 aromatic rings. The van der Waals surface area contributed by atoms with Crippen molar-refractivity contribution in [1.82, 2.24) is 4.98 Å². The number of pyridine rings is 1. The SMILES string of the molecule is O=C(O)c1cc(Nc2c(Br)cncc2[N+](=O)[O-])ccc1Br. The molecule has 0 spiro atoms. The molecule has 1 aromatic carbocycles. The molecule has 2 rings (SSSR count). The third-order valence-corrected chi connectivity index (χ3v) is 3.84. The fourth-order valence-electron chi connectivity index (χ4n) is 1.60. The standard InChI is InChI=1S/C12H7Br2N3O4/c13-8-2-1-6(3-7(8)12(18)19)16-11-9(14)4-15-5-10(11)17(20)21/h1-5H,(H,15,16)(H,18,19). The van der Waals surface area contributed by atoms with Crippen LogP contribution in [-0.4, -0.2) is 21.0 Å². The van der Waals surface area contributed by atoms with Crippen molar-refractivity contribution >= 4 is 54.9 Å². The average Bonchev–Trinajstić information content (AvgIpc) is 2.42. The van der Waals surface area contributed by atoms with Gasteiger partial charge in [0.1, 0.15) is 11.9 Å². The molecule has 0 aliphatic heterocycles. The predicted molar refractivity (Wildman–Crippen MR) is 83.0 cm³/mol. The first kappa shape index (κ1) is 15.4. The van der Waals surface area contributed by atoms with Crippen LogP contribution in [0.15, 0.2) is 39.5 Å². The lowest BCUT2D eigenvalue weighted by atomic mass is 10.2. The summed E-state index contributed by atoms with van der Waals surface area (Å²) in [5.74, 6) is -1.10. The summed E-state index contributed by atoms with van der Waals surface area (Å²) in [6.07, 6.45) is 2.52. The number of aromatic carboxylic acids is 1. The van der Waals surface area contributed by atoms with Gasteiger partial charge in [0.2, 0.25) is 0 Å². The van der Waals surface area contributed by atoms with Gasteiger partial charge in [-0.1, -0.05) is 0 Å². The predicted octanol–water partition coefficient (Wildman–Crippen LogP) is 3.96. The molecule has 1 aromatic heterocycles. The molecular formula is C12H7Br2N3O4. The van der Waals surface area contributed by atoms with Gasteiger partial charge in [-0.25, -0.2) is 4.79 Å². The molecule has 108 valence electrons. The first-order valence-electron chi connectivity index (χ1n) is 5.48. The number of carbonyl (C=O) groups is 1. The van der Waals surface area contributed by atoms with Gasteiger partial charge in [0.25, 0.3) is 0 Å². The number of halogens is 2. The molecule has 0 atom stereocenters. The van der Waals surface area contributed by atoms with Crippen molar-refractivity contribution < 1.29 is 14.8 Å². The van der Waals surface area contributed by atoms with Gasteiger partial charge in [0.05, 0.1) is 15.0 Å². The number of rotatable bonds is 4. The Morgan fingerprint density at radius 1 is 1.29 bits per heavy atom. The Morgan fingerprint density at radius 2 is 2.00 bits per heavy atom. The fraction of sp³-hybridized carbons (Fsp3) is 0. The molecule has 0 amide bonds. The Hall–Kier alpha value is -2.00. The lowest BCUT2D eigenvalue weighted by molar-refractivity contribution is -0.384. The van der Waals surface area contributed by atoms with Crippen LogP contribution < -0.4 is 5.32 Å². The highest BCUT2D eigenvalue weighted by atomic mass is 79.9.